The molecule has 1 aromatic heterocycles. The van der Waals surface area contributed by atoms with Crippen LogP contribution in [0.5, 0.6) is 0 Å². The third kappa shape index (κ3) is 7.76. The Labute approximate surface area is 255 Å². The predicted molar refractivity (Wildman–Crippen MR) is 152 cm³/mol. The summed E-state index contributed by atoms with van der Waals surface area (Å²) in [6, 6.07) is 35.3. The maximum Gasteiger partial charge on any atom is 2.00 e. The number of aryl methyl sites for hydroxylation is 1. The van der Waals surface area contributed by atoms with Crippen molar-refractivity contribution in [2.75, 3.05) is 6.16 Å². The molecule has 5 rings (SSSR count). The van der Waals surface area contributed by atoms with Gasteiger partial charge in [0, 0.05) is 17.8 Å². The molecule has 0 radical (unpaired) electrons. The van der Waals surface area contributed by atoms with Crippen molar-refractivity contribution in [3.8, 4) is 22.4 Å². The molecule has 0 aliphatic heterocycles. The minimum atomic E-state index is -4.72. The number of hydrogen-bond donors (Lipinski definition) is 0. The van der Waals surface area contributed by atoms with Gasteiger partial charge in [0.05, 0.1) is 24.7 Å². The smallest absolute Gasteiger partial charge is 0.292 e. The Morgan fingerprint density at radius 1 is 0.619 bits per heavy atom. The largest absolute Gasteiger partial charge is 2.00 e. The number of benzene rings is 4. The summed E-state index contributed by atoms with van der Waals surface area (Å²) in [7, 11) is -1.15. The van der Waals surface area contributed by atoms with Crippen LogP contribution >= 0.6 is 7.92 Å². The zero-order valence-corrected chi connectivity index (χ0v) is 25.1. The Balaban J connectivity index is 0.00000405. The first kappa shape index (κ1) is 31.7. The van der Waals surface area contributed by atoms with Crippen LogP contribution in [-0.2, 0) is 39.8 Å². The first-order valence-corrected chi connectivity index (χ1v) is 14.5. The third-order valence-electron chi connectivity index (χ3n) is 6.57. The van der Waals surface area contributed by atoms with Gasteiger partial charge in [-0.2, -0.15) is 62.2 Å². The summed E-state index contributed by atoms with van der Waals surface area (Å²) in [5.41, 5.74) is -1.26. The van der Waals surface area contributed by atoms with Crippen molar-refractivity contribution in [2.24, 2.45) is 0 Å². The van der Waals surface area contributed by atoms with Crippen molar-refractivity contribution < 1.29 is 47.4 Å². The van der Waals surface area contributed by atoms with Gasteiger partial charge < -0.3 is 0 Å². The molecule has 0 fully saturated rings. The van der Waals surface area contributed by atoms with Crippen LogP contribution in [0.1, 0.15) is 16.8 Å². The van der Waals surface area contributed by atoms with Crippen LogP contribution in [0, 0.1) is 12.1 Å². The average molecular weight is 774 g/mol. The minimum absolute atomic E-state index is 0. The van der Waals surface area contributed by atoms with Crippen LogP contribution in [-0.4, -0.2) is 11.1 Å². The number of aromatic nitrogens is 1. The van der Waals surface area contributed by atoms with Crippen molar-refractivity contribution in [3.63, 3.8) is 0 Å². The van der Waals surface area contributed by atoms with Crippen LogP contribution in [0.25, 0.3) is 22.4 Å². The Kier molecular flexibility index (Phi) is 10.1. The van der Waals surface area contributed by atoms with Gasteiger partial charge >= 0.3 is 33.4 Å². The molecule has 0 aliphatic rings. The first-order chi connectivity index (χ1) is 19.6. The molecule has 5 aromatic rings. The number of hydrogen-bond acceptors (Lipinski definition) is 1. The normalized spacial score (nSPS) is 11.8. The van der Waals surface area contributed by atoms with E-state index in [4.69, 9.17) is 0 Å². The molecule has 0 atom stereocenters. The van der Waals surface area contributed by atoms with E-state index in [2.05, 4.69) is 41.4 Å². The molecule has 0 aliphatic carbocycles. The van der Waals surface area contributed by atoms with Crippen molar-refractivity contribution in [2.45, 2.75) is 18.8 Å². The van der Waals surface area contributed by atoms with Gasteiger partial charge in [-0.15, -0.1) is 17.7 Å². The monoisotopic (exact) mass is 773 g/mol. The molecule has 1 nitrogen and oxygen atoms in total. The molecule has 0 unspecified atom stereocenters. The van der Waals surface area contributed by atoms with Gasteiger partial charge in [0.15, 0.2) is 0 Å². The van der Waals surface area contributed by atoms with E-state index >= 15 is 0 Å². The second-order valence-electron chi connectivity index (χ2n) is 9.41. The average Bonchev–Trinajstić information content (AvgIpc) is 2.97. The fraction of sp³-hybridized carbons (Fsp3) is 0.121. The van der Waals surface area contributed by atoms with E-state index in [1.807, 2.05) is 42.5 Å². The topological polar surface area (TPSA) is 12.9 Å². The summed E-state index contributed by atoms with van der Waals surface area (Å²) in [5, 5.41) is 2.49. The van der Waals surface area contributed by atoms with Gasteiger partial charge in [-0.25, -0.2) is 5.56 Å². The molecule has 0 bridgehead atoms. The zero-order valence-electron chi connectivity index (χ0n) is 21.8. The van der Waals surface area contributed by atoms with E-state index in [1.165, 1.54) is 10.6 Å². The van der Waals surface area contributed by atoms with Gasteiger partial charge in [0.1, 0.15) is 0 Å². The van der Waals surface area contributed by atoms with Crippen molar-refractivity contribution in [1.82, 2.24) is 4.98 Å². The Bertz CT molecular complexity index is 1580. The Morgan fingerprint density at radius 3 is 1.79 bits per heavy atom. The van der Waals surface area contributed by atoms with Gasteiger partial charge in [0.25, 0.3) is 0 Å². The molecular formula is C33H23F6NPPt+. The van der Waals surface area contributed by atoms with E-state index < -0.39 is 31.4 Å². The molecule has 0 N–H and O–H groups in total. The van der Waals surface area contributed by atoms with E-state index in [0.29, 0.717) is 12.1 Å². The number of rotatable bonds is 7. The van der Waals surface area contributed by atoms with Gasteiger partial charge in [-0.1, -0.05) is 48.5 Å². The van der Waals surface area contributed by atoms with Crippen molar-refractivity contribution in [3.05, 3.63) is 138 Å². The van der Waals surface area contributed by atoms with Crippen molar-refractivity contribution >= 4 is 18.5 Å². The van der Waals surface area contributed by atoms with Crippen LogP contribution in [0.2, 0.25) is 0 Å². The standard InChI is InChI=1S/C33H22F6NP.Pt/c34-32(35,36)26-10-7-9-23(20-26)24-19-25(22-27(21-24)33(37,38)39)31-16-8-11-28(40-31)17-18-41(29-12-3-1-4-13-29)30-14-5-2-6-15-30;/h1-8,10-16,20-22H,17-18H2;/q-2;+2/p+1. The van der Waals surface area contributed by atoms with Crippen LogP contribution < -0.4 is 10.6 Å². The summed E-state index contributed by atoms with van der Waals surface area (Å²) in [6.07, 6.45) is -7.96. The van der Waals surface area contributed by atoms with E-state index in [-0.39, 0.29) is 43.4 Å². The molecule has 9 heteroatoms. The molecule has 0 saturated heterocycles. The number of alkyl halides is 6. The summed E-state index contributed by atoms with van der Waals surface area (Å²) < 4.78 is 81.3. The van der Waals surface area contributed by atoms with Crippen molar-refractivity contribution in [1.29, 1.82) is 0 Å². The second kappa shape index (κ2) is 13.4. The van der Waals surface area contributed by atoms with Crippen LogP contribution in [0.15, 0.2) is 109 Å². The molecule has 216 valence electrons. The number of halogens is 6. The van der Waals surface area contributed by atoms with E-state index in [9.17, 15) is 26.3 Å². The second-order valence-corrected chi connectivity index (χ2v) is 12.0. The molecule has 0 amide bonds. The summed E-state index contributed by atoms with van der Waals surface area (Å²) in [5.74, 6) is 0. The molecule has 0 spiro atoms. The first-order valence-electron chi connectivity index (χ1n) is 12.7. The summed E-state index contributed by atoms with van der Waals surface area (Å²) in [6.45, 7) is 0. The maximum atomic E-state index is 13.8. The third-order valence-corrected chi connectivity index (χ3v) is 9.38. The Morgan fingerprint density at radius 2 is 1.19 bits per heavy atom. The zero-order chi connectivity index (χ0) is 29.0. The SMILES string of the molecule is FC(F)(F)c1cc[c-]c(-c2[c-]c(-c3cccc(CC[PH+](c4ccccc4)c4ccccc4)n3)cc(C(F)(F)F)c2)c1.[Pt+2]. The summed E-state index contributed by atoms with van der Waals surface area (Å²) in [4.78, 5) is 4.64. The molecular weight excluding hydrogens is 750 g/mol. The van der Waals surface area contributed by atoms with Crippen LogP contribution in [0.3, 0.4) is 0 Å². The van der Waals surface area contributed by atoms with Crippen LogP contribution in [0.4, 0.5) is 26.3 Å². The van der Waals surface area contributed by atoms with E-state index in [1.54, 1.807) is 12.1 Å². The Hall–Kier alpha value is -3.27. The molecule has 0 saturated carbocycles. The maximum absolute atomic E-state index is 13.8. The quantitative estimate of drug-likeness (QED) is 0.0920. The molecule has 42 heavy (non-hydrogen) atoms. The fourth-order valence-corrected chi connectivity index (χ4v) is 7.18. The molecule has 1 heterocycles. The number of nitrogens with zero attached hydrogens (tertiary/aromatic N) is 1. The minimum Gasteiger partial charge on any atom is -0.292 e. The predicted octanol–water partition coefficient (Wildman–Crippen LogP) is 8.46. The van der Waals surface area contributed by atoms with Gasteiger partial charge in [0.2, 0.25) is 0 Å². The van der Waals surface area contributed by atoms with E-state index in [0.717, 1.165) is 36.5 Å². The summed E-state index contributed by atoms with van der Waals surface area (Å²) >= 11 is 0. The fourth-order valence-electron chi connectivity index (χ4n) is 4.57. The number of pyridine rings is 1. The van der Waals surface area contributed by atoms with Gasteiger partial charge in [-0.3, -0.25) is 4.98 Å². The van der Waals surface area contributed by atoms with Gasteiger partial charge in [-0.05, 0) is 41.5 Å². The molecule has 4 aromatic carbocycles.